The Kier molecular flexibility index (Phi) is 4.38. The number of hydrogen-bond donors (Lipinski definition) is 1. The summed E-state index contributed by atoms with van der Waals surface area (Å²) in [5.41, 5.74) is 2.73. The predicted molar refractivity (Wildman–Crippen MR) is 85.0 cm³/mol. The van der Waals surface area contributed by atoms with Crippen LogP contribution in [0.3, 0.4) is 0 Å². The van der Waals surface area contributed by atoms with Gasteiger partial charge in [-0.1, -0.05) is 36.4 Å². The summed E-state index contributed by atoms with van der Waals surface area (Å²) in [5.74, 6) is -0.782. The molecule has 1 aromatic heterocycles. The molecule has 0 bridgehead atoms. The molecule has 4 nitrogen and oxygen atoms in total. The lowest BCUT2D eigenvalue weighted by Gasteiger charge is -2.06. The van der Waals surface area contributed by atoms with Gasteiger partial charge < -0.3 is 5.32 Å². The maximum absolute atomic E-state index is 13.1. The van der Waals surface area contributed by atoms with Crippen LogP contribution in [-0.4, -0.2) is 15.9 Å². The van der Waals surface area contributed by atoms with Crippen molar-refractivity contribution in [3.63, 3.8) is 0 Å². The van der Waals surface area contributed by atoms with E-state index >= 15 is 0 Å². The van der Waals surface area contributed by atoms with Crippen molar-refractivity contribution in [3.8, 4) is 11.3 Å². The molecule has 114 valence electrons. The van der Waals surface area contributed by atoms with E-state index in [0.29, 0.717) is 5.69 Å². The molecule has 0 atom stereocenters. The molecular weight excluding hydrogens is 293 g/mol. The Labute approximate surface area is 133 Å². The number of benzene rings is 2. The first-order valence-electron chi connectivity index (χ1n) is 7.12. The highest BCUT2D eigenvalue weighted by Gasteiger charge is 2.07. The minimum atomic E-state index is -0.439. The van der Waals surface area contributed by atoms with Gasteiger partial charge in [-0.05, 0) is 24.3 Å². The first-order valence-corrected chi connectivity index (χ1v) is 7.12. The summed E-state index contributed by atoms with van der Waals surface area (Å²) in [7, 11) is 0. The number of carbonyl (C=O) groups excluding carboxylic acids is 1. The third-order valence-electron chi connectivity index (χ3n) is 3.31. The molecule has 3 rings (SSSR count). The Hall–Kier alpha value is -3.08. The second kappa shape index (κ2) is 6.79. The number of nitrogens with one attached hydrogen (secondary N) is 1. The summed E-state index contributed by atoms with van der Waals surface area (Å²) in [6.07, 6.45) is 1.46. The second-order valence-corrected chi connectivity index (χ2v) is 4.95. The van der Waals surface area contributed by atoms with E-state index < -0.39 is 5.82 Å². The van der Waals surface area contributed by atoms with Gasteiger partial charge in [-0.25, -0.2) is 14.4 Å². The zero-order chi connectivity index (χ0) is 16.1. The van der Waals surface area contributed by atoms with Crippen LogP contribution in [0.5, 0.6) is 0 Å². The van der Waals surface area contributed by atoms with Gasteiger partial charge in [0.05, 0.1) is 17.9 Å². The van der Waals surface area contributed by atoms with Crippen LogP contribution < -0.4 is 5.32 Å². The van der Waals surface area contributed by atoms with E-state index in [1.54, 1.807) is 6.07 Å². The molecule has 0 fully saturated rings. The van der Waals surface area contributed by atoms with Crippen molar-refractivity contribution < 1.29 is 9.18 Å². The fourth-order valence-corrected chi connectivity index (χ4v) is 2.16. The molecule has 23 heavy (non-hydrogen) atoms. The smallest absolute Gasteiger partial charge is 0.251 e. The third kappa shape index (κ3) is 3.77. The lowest BCUT2D eigenvalue weighted by atomic mass is 10.1. The minimum absolute atomic E-state index is 0.248. The Morgan fingerprint density at radius 2 is 1.83 bits per heavy atom. The molecule has 2 aromatic carbocycles. The highest BCUT2D eigenvalue weighted by Crippen LogP contribution is 2.16. The van der Waals surface area contributed by atoms with Crippen LogP contribution in [0.2, 0.25) is 0 Å². The molecule has 0 unspecified atom stereocenters. The SMILES string of the molecule is O=C(NCc1cc(-c2ccccc2)ncn1)c1cccc(F)c1. The van der Waals surface area contributed by atoms with Crippen molar-refractivity contribution in [1.29, 1.82) is 0 Å². The van der Waals surface area contributed by atoms with Gasteiger partial charge in [0.2, 0.25) is 0 Å². The van der Waals surface area contributed by atoms with Crippen LogP contribution in [-0.2, 0) is 6.54 Å². The lowest BCUT2D eigenvalue weighted by Crippen LogP contribution is -2.23. The number of hydrogen-bond acceptors (Lipinski definition) is 3. The van der Waals surface area contributed by atoms with E-state index in [9.17, 15) is 9.18 Å². The molecule has 0 saturated carbocycles. The van der Waals surface area contributed by atoms with Gasteiger partial charge in [0, 0.05) is 11.1 Å². The first kappa shape index (κ1) is 14.8. The van der Waals surface area contributed by atoms with Crippen LogP contribution in [0.15, 0.2) is 67.0 Å². The Morgan fingerprint density at radius 1 is 1.00 bits per heavy atom. The van der Waals surface area contributed by atoms with Crippen LogP contribution in [0.4, 0.5) is 4.39 Å². The zero-order valence-corrected chi connectivity index (χ0v) is 12.2. The minimum Gasteiger partial charge on any atom is -0.346 e. The molecule has 1 heterocycles. The number of aromatic nitrogens is 2. The summed E-state index contributed by atoms with van der Waals surface area (Å²) < 4.78 is 13.1. The van der Waals surface area contributed by atoms with Crippen molar-refractivity contribution in [2.75, 3.05) is 0 Å². The molecule has 0 spiro atoms. The van der Waals surface area contributed by atoms with E-state index in [1.165, 1.54) is 24.5 Å². The number of amides is 1. The molecule has 0 saturated heterocycles. The molecule has 0 aliphatic rings. The predicted octanol–water partition coefficient (Wildman–Crippen LogP) is 3.21. The highest BCUT2D eigenvalue weighted by atomic mass is 19.1. The average molecular weight is 307 g/mol. The quantitative estimate of drug-likeness (QED) is 0.805. The van der Waals surface area contributed by atoms with Crippen LogP contribution in [0.25, 0.3) is 11.3 Å². The van der Waals surface area contributed by atoms with Crippen LogP contribution in [0.1, 0.15) is 16.1 Å². The van der Waals surface area contributed by atoms with Crippen molar-refractivity contribution in [2.45, 2.75) is 6.54 Å². The maximum Gasteiger partial charge on any atom is 0.251 e. The Bertz CT molecular complexity index is 821. The van der Waals surface area contributed by atoms with Crippen LogP contribution in [0, 0.1) is 5.82 Å². The van der Waals surface area contributed by atoms with Crippen molar-refractivity contribution in [1.82, 2.24) is 15.3 Å². The summed E-state index contributed by atoms with van der Waals surface area (Å²) in [4.78, 5) is 20.4. The van der Waals surface area contributed by atoms with E-state index in [-0.39, 0.29) is 18.0 Å². The molecule has 3 aromatic rings. The molecule has 0 aliphatic heterocycles. The number of halogens is 1. The van der Waals surface area contributed by atoms with Crippen LogP contribution >= 0.6 is 0 Å². The Balaban J connectivity index is 1.70. The van der Waals surface area contributed by atoms with Crippen molar-refractivity contribution in [3.05, 3.63) is 84.1 Å². The van der Waals surface area contributed by atoms with Gasteiger partial charge in [-0.2, -0.15) is 0 Å². The largest absolute Gasteiger partial charge is 0.346 e. The normalized spacial score (nSPS) is 10.3. The summed E-state index contributed by atoms with van der Waals surface area (Å²) >= 11 is 0. The van der Waals surface area contributed by atoms with E-state index in [0.717, 1.165) is 11.3 Å². The zero-order valence-electron chi connectivity index (χ0n) is 12.2. The molecule has 0 radical (unpaired) electrons. The molecule has 0 aliphatic carbocycles. The maximum atomic E-state index is 13.1. The van der Waals surface area contributed by atoms with Gasteiger partial charge in [0.25, 0.3) is 5.91 Å². The van der Waals surface area contributed by atoms with Gasteiger partial charge in [0.15, 0.2) is 0 Å². The third-order valence-corrected chi connectivity index (χ3v) is 3.31. The van der Waals surface area contributed by atoms with Gasteiger partial charge >= 0.3 is 0 Å². The summed E-state index contributed by atoms with van der Waals surface area (Å²) in [5, 5.41) is 2.73. The summed E-state index contributed by atoms with van der Waals surface area (Å²) in [6.45, 7) is 0.248. The molecule has 1 amide bonds. The number of carbonyl (C=O) groups is 1. The Morgan fingerprint density at radius 3 is 2.61 bits per heavy atom. The van der Waals surface area contributed by atoms with Gasteiger partial charge in [-0.3, -0.25) is 4.79 Å². The van der Waals surface area contributed by atoms with Gasteiger partial charge in [-0.15, -0.1) is 0 Å². The second-order valence-electron chi connectivity index (χ2n) is 4.95. The summed E-state index contributed by atoms with van der Waals surface area (Å²) in [6, 6.07) is 17.1. The number of nitrogens with zero attached hydrogens (tertiary/aromatic N) is 2. The van der Waals surface area contributed by atoms with E-state index in [2.05, 4.69) is 15.3 Å². The van der Waals surface area contributed by atoms with Crippen molar-refractivity contribution in [2.24, 2.45) is 0 Å². The van der Waals surface area contributed by atoms with Crippen molar-refractivity contribution >= 4 is 5.91 Å². The first-order chi connectivity index (χ1) is 11.2. The average Bonchev–Trinajstić information content (AvgIpc) is 2.61. The lowest BCUT2D eigenvalue weighted by molar-refractivity contribution is 0.0950. The molecule has 5 heteroatoms. The fraction of sp³-hybridized carbons (Fsp3) is 0.0556. The van der Waals surface area contributed by atoms with E-state index in [1.807, 2.05) is 36.4 Å². The number of rotatable bonds is 4. The standard InChI is InChI=1S/C18H14FN3O/c19-15-8-4-7-14(9-15)18(23)20-11-16-10-17(22-12-21-16)13-5-2-1-3-6-13/h1-10,12H,11H2,(H,20,23). The monoisotopic (exact) mass is 307 g/mol. The molecule has 1 N–H and O–H groups in total. The van der Waals surface area contributed by atoms with Gasteiger partial charge in [0.1, 0.15) is 12.1 Å². The molecular formula is C18H14FN3O. The highest BCUT2D eigenvalue weighted by molar-refractivity contribution is 5.94. The van der Waals surface area contributed by atoms with E-state index in [4.69, 9.17) is 0 Å². The fourth-order valence-electron chi connectivity index (χ4n) is 2.16. The topological polar surface area (TPSA) is 54.9 Å².